The van der Waals surface area contributed by atoms with Crippen LogP contribution in [0.3, 0.4) is 0 Å². The molecule has 0 aromatic rings. The summed E-state index contributed by atoms with van der Waals surface area (Å²) < 4.78 is 0. The molecule has 0 bridgehead atoms. The Hall–Kier alpha value is -0.380. The van der Waals surface area contributed by atoms with Crippen molar-refractivity contribution in [2.45, 2.75) is 83.2 Å². The average Bonchev–Trinajstić information content (AvgIpc) is 2.94. The van der Waals surface area contributed by atoms with Gasteiger partial charge in [0.2, 0.25) is 0 Å². The third-order valence-corrected chi connectivity index (χ3v) is 5.11. The highest BCUT2D eigenvalue weighted by Gasteiger charge is 2.44. The summed E-state index contributed by atoms with van der Waals surface area (Å²) in [6.45, 7) is 10.6. The largest absolute Gasteiger partial charge is 0.297 e. The predicted octanol–water partition coefficient (Wildman–Crippen LogP) is 3.61. The molecule has 20 heavy (non-hydrogen) atoms. The summed E-state index contributed by atoms with van der Waals surface area (Å²) in [5.41, 5.74) is 3.47. The Kier molecular flexibility index (Phi) is 8.43. The van der Waals surface area contributed by atoms with Gasteiger partial charge in [-0.25, -0.2) is 0 Å². The van der Waals surface area contributed by atoms with E-state index >= 15 is 0 Å². The van der Waals surface area contributed by atoms with Crippen molar-refractivity contribution in [2.75, 3.05) is 13.1 Å². The molecule has 3 nitrogen and oxygen atoms in total. The smallest absolute Gasteiger partial charge is 0.0394 e. The maximum atomic E-state index is 5.93. The Morgan fingerprint density at radius 1 is 1.20 bits per heavy atom. The number of hydrazine groups is 1. The summed E-state index contributed by atoms with van der Waals surface area (Å²) in [6.07, 6.45) is 13.5. The Morgan fingerprint density at radius 3 is 2.35 bits per heavy atom. The molecule has 0 saturated heterocycles. The molecule has 0 aromatic heterocycles. The van der Waals surface area contributed by atoms with E-state index in [4.69, 9.17) is 5.84 Å². The highest BCUT2D eigenvalue weighted by atomic mass is 15.3. The van der Waals surface area contributed by atoms with Crippen molar-refractivity contribution in [3.63, 3.8) is 0 Å². The fourth-order valence-corrected chi connectivity index (χ4v) is 4.05. The number of hydrogen-bond donors (Lipinski definition) is 2. The minimum Gasteiger partial charge on any atom is -0.297 e. The lowest BCUT2D eigenvalue weighted by Gasteiger charge is -2.46. The van der Waals surface area contributed by atoms with Crippen LogP contribution in [-0.2, 0) is 0 Å². The molecule has 3 N–H and O–H groups in total. The molecule has 1 unspecified atom stereocenters. The first-order valence-electron chi connectivity index (χ1n) is 8.57. The number of hydrogen-bond acceptors (Lipinski definition) is 3. The van der Waals surface area contributed by atoms with Crippen LogP contribution in [0, 0.1) is 0 Å². The van der Waals surface area contributed by atoms with E-state index in [2.05, 4.69) is 30.8 Å². The third kappa shape index (κ3) is 4.31. The number of nitrogens with two attached hydrogens (primary N) is 1. The predicted molar refractivity (Wildman–Crippen MR) is 88.5 cm³/mol. The second-order valence-corrected chi connectivity index (χ2v) is 6.13. The van der Waals surface area contributed by atoms with E-state index in [1.165, 1.54) is 51.4 Å². The third-order valence-electron chi connectivity index (χ3n) is 5.11. The van der Waals surface area contributed by atoms with Gasteiger partial charge in [-0.15, -0.1) is 6.58 Å². The molecule has 0 radical (unpaired) electrons. The lowest BCUT2D eigenvalue weighted by Crippen LogP contribution is -2.61. The lowest BCUT2D eigenvalue weighted by molar-refractivity contribution is 0.0586. The highest BCUT2D eigenvalue weighted by Crippen LogP contribution is 2.39. The summed E-state index contributed by atoms with van der Waals surface area (Å²) in [4.78, 5) is 2.65. The zero-order chi connectivity index (χ0) is 14.8. The first kappa shape index (κ1) is 17.7. The zero-order valence-corrected chi connectivity index (χ0v) is 13.7. The van der Waals surface area contributed by atoms with Crippen LogP contribution in [0.5, 0.6) is 0 Å². The second-order valence-electron chi connectivity index (χ2n) is 6.13. The number of allylic oxidation sites excluding steroid dienone is 1. The molecule has 0 aliphatic heterocycles. The molecule has 1 atom stereocenters. The monoisotopic (exact) mass is 281 g/mol. The van der Waals surface area contributed by atoms with E-state index in [0.717, 1.165) is 19.5 Å². The van der Waals surface area contributed by atoms with Crippen LogP contribution in [-0.4, -0.2) is 29.6 Å². The number of nitrogens with zero attached hydrogens (tertiary/aromatic N) is 1. The van der Waals surface area contributed by atoms with E-state index in [1.54, 1.807) is 0 Å². The molecule has 1 fully saturated rings. The van der Waals surface area contributed by atoms with Crippen LogP contribution in [0.15, 0.2) is 12.7 Å². The van der Waals surface area contributed by atoms with Crippen molar-refractivity contribution in [1.82, 2.24) is 10.3 Å². The molecule has 3 heteroatoms. The minimum absolute atomic E-state index is 0.302. The Morgan fingerprint density at radius 2 is 1.85 bits per heavy atom. The van der Waals surface area contributed by atoms with Gasteiger partial charge < -0.3 is 0 Å². The van der Waals surface area contributed by atoms with Crippen molar-refractivity contribution >= 4 is 0 Å². The molecule has 0 heterocycles. The summed E-state index contributed by atoms with van der Waals surface area (Å²) in [7, 11) is 0. The fraction of sp³-hybridized carbons (Fsp3) is 0.882. The van der Waals surface area contributed by atoms with Crippen LogP contribution < -0.4 is 11.3 Å². The van der Waals surface area contributed by atoms with Gasteiger partial charge in [0, 0.05) is 11.6 Å². The van der Waals surface area contributed by atoms with Crippen molar-refractivity contribution in [3.8, 4) is 0 Å². The van der Waals surface area contributed by atoms with Gasteiger partial charge >= 0.3 is 0 Å². The standard InChI is InChI=1S/C17H35N3/c1-4-7-8-9-10-13-16(19-18)17(14-11-12-15-17)20(5-2)6-3/h4,16,19H,1,5-15,18H2,2-3H3. The van der Waals surface area contributed by atoms with E-state index in [1.807, 2.05) is 6.08 Å². The molecular formula is C17H35N3. The number of likely N-dealkylation sites (N-methyl/N-ethyl adjacent to an activating group) is 1. The van der Waals surface area contributed by atoms with E-state index < -0.39 is 0 Å². The maximum Gasteiger partial charge on any atom is 0.0394 e. The topological polar surface area (TPSA) is 41.3 Å². The number of nitrogens with one attached hydrogen (secondary N) is 1. The van der Waals surface area contributed by atoms with Gasteiger partial charge in [0.25, 0.3) is 0 Å². The molecule has 0 spiro atoms. The molecule has 1 rings (SSSR count). The normalized spacial score (nSPS) is 19.4. The van der Waals surface area contributed by atoms with E-state index in [9.17, 15) is 0 Å². The fourth-order valence-electron chi connectivity index (χ4n) is 4.05. The van der Waals surface area contributed by atoms with Gasteiger partial charge in [0.15, 0.2) is 0 Å². The zero-order valence-electron chi connectivity index (χ0n) is 13.7. The average molecular weight is 281 g/mol. The Balaban J connectivity index is 2.59. The minimum atomic E-state index is 0.302. The van der Waals surface area contributed by atoms with Crippen LogP contribution >= 0.6 is 0 Å². The molecule has 1 saturated carbocycles. The van der Waals surface area contributed by atoms with Gasteiger partial charge in [0.1, 0.15) is 0 Å². The van der Waals surface area contributed by atoms with Crippen LogP contribution in [0.4, 0.5) is 0 Å². The van der Waals surface area contributed by atoms with Crippen LogP contribution in [0.2, 0.25) is 0 Å². The summed E-state index contributed by atoms with van der Waals surface area (Å²) in [5, 5.41) is 0. The van der Waals surface area contributed by atoms with Gasteiger partial charge in [-0.1, -0.05) is 45.6 Å². The molecule has 1 aliphatic rings. The van der Waals surface area contributed by atoms with E-state index in [-0.39, 0.29) is 0 Å². The maximum absolute atomic E-state index is 5.93. The SMILES string of the molecule is C=CCCCCCC(NN)C1(N(CC)CC)CCCC1. The van der Waals surface area contributed by atoms with Gasteiger partial charge in [0.05, 0.1) is 0 Å². The molecule has 1 aliphatic carbocycles. The number of unbranched alkanes of at least 4 members (excludes halogenated alkanes) is 3. The molecule has 0 aromatic carbocycles. The van der Waals surface area contributed by atoms with Crippen LogP contribution in [0.1, 0.15) is 71.6 Å². The highest BCUT2D eigenvalue weighted by molar-refractivity contribution is 5.02. The molecular weight excluding hydrogens is 246 g/mol. The van der Waals surface area contributed by atoms with Crippen molar-refractivity contribution in [1.29, 1.82) is 0 Å². The first-order valence-corrected chi connectivity index (χ1v) is 8.57. The van der Waals surface area contributed by atoms with Crippen molar-refractivity contribution < 1.29 is 0 Å². The first-order chi connectivity index (χ1) is 9.75. The van der Waals surface area contributed by atoms with Crippen molar-refractivity contribution in [2.24, 2.45) is 5.84 Å². The molecule has 118 valence electrons. The molecule has 0 amide bonds. The lowest BCUT2D eigenvalue weighted by atomic mass is 9.83. The Bertz CT molecular complexity index is 255. The quantitative estimate of drug-likeness (QED) is 0.263. The second kappa shape index (κ2) is 9.54. The van der Waals surface area contributed by atoms with Gasteiger partial charge in [-0.3, -0.25) is 16.2 Å². The number of rotatable bonds is 11. The summed E-state index contributed by atoms with van der Waals surface area (Å²) in [5.74, 6) is 5.93. The summed E-state index contributed by atoms with van der Waals surface area (Å²) >= 11 is 0. The summed E-state index contributed by atoms with van der Waals surface area (Å²) in [6, 6.07) is 0.439. The van der Waals surface area contributed by atoms with Crippen LogP contribution in [0.25, 0.3) is 0 Å². The Labute approximate surface area is 126 Å². The van der Waals surface area contributed by atoms with Crippen molar-refractivity contribution in [3.05, 3.63) is 12.7 Å². The van der Waals surface area contributed by atoms with E-state index in [0.29, 0.717) is 11.6 Å². The van der Waals surface area contributed by atoms with Gasteiger partial charge in [-0.2, -0.15) is 0 Å². The van der Waals surface area contributed by atoms with Gasteiger partial charge in [-0.05, 0) is 45.2 Å².